The molecule has 3 N–H and O–H groups in total. The fraction of sp³-hybridized carbons (Fsp3) is 1.00. The van der Waals surface area contributed by atoms with Crippen molar-refractivity contribution in [1.82, 2.24) is 16.4 Å². The van der Waals surface area contributed by atoms with E-state index in [0.717, 1.165) is 0 Å². The topological polar surface area (TPSA) is 80.9 Å². The lowest BCUT2D eigenvalue weighted by atomic mass is 10.8. The summed E-state index contributed by atoms with van der Waals surface area (Å²) >= 11 is 12.0. The third-order valence-electron chi connectivity index (χ3n) is 1.01. The highest BCUT2D eigenvalue weighted by molar-refractivity contribution is 7.81. The smallest absolute Gasteiger partial charge is 0.223 e. The molecule has 3 atom stereocenters. The van der Waals surface area contributed by atoms with Crippen LogP contribution in [0.2, 0.25) is 0 Å². The summed E-state index contributed by atoms with van der Waals surface area (Å²) in [5, 5.41) is -1.05. The van der Waals surface area contributed by atoms with E-state index in [-0.39, 0.29) is 16.1 Å². The molecule has 0 aliphatic carbocycles. The van der Waals surface area contributed by atoms with Crippen LogP contribution in [-0.2, 0) is 18.4 Å². The summed E-state index contributed by atoms with van der Waals surface area (Å²) in [7, 11) is -3.86. The SMILES string of the molecule is CC(S)NOP(=O)(ONC(C)S)ONC(C)S. The van der Waals surface area contributed by atoms with Crippen LogP contribution in [0.5, 0.6) is 0 Å². The lowest BCUT2D eigenvalue weighted by Gasteiger charge is -2.20. The third kappa shape index (κ3) is 10.6. The van der Waals surface area contributed by atoms with Gasteiger partial charge in [0.1, 0.15) is 0 Å². The highest BCUT2D eigenvalue weighted by Gasteiger charge is 2.30. The summed E-state index contributed by atoms with van der Waals surface area (Å²) < 4.78 is 26.3. The van der Waals surface area contributed by atoms with E-state index in [1.54, 1.807) is 20.8 Å². The van der Waals surface area contributed by atoms with Gasteiger partial charge >= 0.3 is 7.82 Å². The first-order valence-electron chi connectivity index (χ1n) is 4.72. The molecule has 0 aromatic carbocycles. The summed E-state index contributed by atoms with van der Waals surface area (Å²) in [5.74, 6) is 0. The van der Waals surface area contributed by atoms with Gasteiger partial charge in [-0.05, 0) is 20.8 Å². The summed E-state index contributed by atoms with van der Waals surface area (Å²) in [5.41, 5.74) is 7.06. The number of nitrogens with one attached hydrogen (secondary N) is 3. The van der Waals surface area contributed by atoms with E-state index in [4.69, 9.17) is 13.9 Å². The highest BCUT2D eigenvalue weighted by Crippen LogP contribution is 2.46. The van der Waals surface area contributed by atoms with Gasteiger partial charge in [0.05, 0.1) is 16.1 Å². The number of hydrogen-bond acceptors (Lipinski definition) is 10. The molecule has 0 spiro atoms. The van der Waals surface area contributed by atoms with Crippen LogP contribution in [0.3, 0.4) is 0 Å². The molecule has 11 heteroatoms. The van der Waals surface area contributed by atoms with E-state index in [2.05, 4.69) is 54.3 Å². The molecular formula is C6H18N3O4PS3. The van der Waals surface area contributed by atoms with Gasteiger partial charge in [0.2, 0.25) is 0 Å². The van der Waals surface area contributed by atoms with Crippen LogP contribution in [0.15, 0.2) is 0 Å². The Kier molecular flexibility index (Phi) is 9.58. The zero-order valence-electron chi connectivity index (χ0n) is 9.65. The van der Waals surface area contributed by atoms with Crippen molar-refractivity contribution in [1.29, 1.82) is 0 Å². The molecule has 17 heavy (non-hydrogen) atoms. The van der Waals surface area contributed by atoms with Crippen LogP contribution in [0.4, 0.5) is 0 Å². The standard InChI is InChI=1S/C6H18N3O4PS3/c1-4(15)7-11-14(10,12-8-5(2)16)13-9-6(3)17/h4-9,15-17H,1-3H3. The Labute approximate surface area is 117 Å². The maximum atomic E-state index is 12.0. The van der Waals surface area contributed by atoms with Gasteiger partial charge in [-0.2, -0.15) is 68.2 Å². The van der Waals surface area contributed by atoms with Crippen molar-refractivity contribution in [3.8, 4) is 0 Å². The van der Waals surface area contributed by atoms with Crippen LogP contribution in [-0.4, -0.2) is 16.1 Å². The van der Waals surface area contributed by atoms with Crippen LogP contribution >= 0.6 is 45.7 Å². The molecule has 0 amide bonds. The van der Waals surface area contributed by atoms with Gasteiger partial charge in [0.25, 0.3) is 0 Å². The zero-order valence-corrected chi connectivity index (χ0v) is 13.2. The molecule has 0 aromatic rings. The van der Waals surface area contributed by atoms with E-state index in [9.17, 15) is 4.57 Å². The van der Waals surface area contributed by atoms with Gasteiger partial charge < -0.3 is 0 Å². The van der Waals surface area contributed by atoms with Crippen LogP contribution < -0.4 is 16.4 Å². The first-order valence-corrected chi connectivity index (χ1v) is 7.73. The molecule has 0 rings (SSSR count). The van der Waals surface area contributed by atoms with Crippen molar-refractivity contribution in [3.05, 3.63) is 0 Å². The van der Waals surface area contributed by atoms with Crippen LogP contribution in [0, 0.1) is 0 Å². The van der Waals surface area contributed by atoms with E-state index in [1.807, 2.05) is 0 Å². The Bertz CT molecular complexity index is 219. The second-order valence-corrected chi connectivity index (χ2v) is 6.87. The summed E-state index contributed by atoms with van der Waals surface area (Å²) in [6.07, 6.45) is 0. The number of rotatable bonds is 9. The van der Waals surface area contributed by atoms with Crippen LogP contribution in [0.25, 0.3) is 0 Å². The maximum absolute atomic E-state index is 12.0. The van der Waals surface area contributed by atoms with Gasteiger partial charge in [-0.15, -0.1) is 0 Å². The van der Waals surface area contributed by atoms with E-state index < -0.39 is 7.82 Å². The molecule has 0 saturated carbocycles. The highest BCUT2D eigenvalue weighted by atomic mass is 32.1. The van der Waals surface area contributed by atoms with Gasteiger partial charge in [0.15, 0.2) is 0 Å². The lowest BCUT2D eigenvalue weighted by Crippen LogP contribution is -2.29. The molecular weight excluding hydrogens is 305 g/mol. The average molecular weight is 323 g/mol. The predicted molar refractivity (Wildman–Crippen MR) is 75.6 cm³/mol. The summed E-state index contributed by atoms with van der Waals surface area (Å²) in [6, 6.07) is 0. The Balaban J connectivity index is 4.29. The van der Waals surface area contributed by atoms with E-state index in [1.165, 1.54) is 0 Å². The van der Waals surface area contributed by atoms with Crippen molar-refractivity contribution in [2.24, 2.45) is 0 Å². The molecule has 0 aromatic heterocycles. The Morgan fingerprint density at radius 1 is 0.824 bits per heavy atom. The minimum Gasteiger partial charge on any atom is -0.223 e. The van der Waals surface area contributed by atoms with Crippen molar-refractivity contribution in [2.45, 2.75) is 36.9 Å². The number of thiol groups is 3. The van der Waals surface area contributed by atoms with Gasteiger partial charge in [-0.3, -0.25) is 0 Å². The Morgan fingerprint density at radius 3 is 1.24 bits per heavy atom. The van der Waals surface area contributed by atoms with Crippen molar-refractivity contribution >= 4 is 45.7 Å². The summed E-state index contributed by atoms with van der Waals surface area (Å²) in [4.78, 5) is 0. The van der Waals surface area contributed by atoms with Gasteiger partial charge in [-0.1, -0.05) is 0 Å². The van der Waals surface area contributed by atoms with Crippen molar-refractivity contribution < 1.29 is 18.4 Å². The molecule has 0 bridgehead atoms. The van der Waals surface area contributed by atoms with Crippen molar-refractivity contribution in [2.75, 3.05) is 0 Å². The molecule has 0 saturated heterocycles. The first kappa shape index (κ1) is 18.0. The van der Waals surface area contributed by atoms with Crippen molar-refractivity contribution in [3.63, 3.8) is 0 Å². The molecule has 7 nitrogen and oxygen atoms in total. The Morgan fingerprint density at radius 2 is 1.06 bits per heavy atom. The molecule has 0 fully saturated rings. The minimum absolute atomic E-state index is 0.350. The molecule has 0 aliphatic rings. The summed E-state index contributed by atoms with van der Waals surface area (Å²) in [6.45, 7) is 5.03. The second-order valence-electron chi connectivity index (χ2n) is 3.10. The second kappa shape index (κ2) is 9.03. The van der Waals surface area contributed by atoms with Crippen LogP contribution in [0.1, 0.15) is 20.8 Å². The first-order chi connectivity index (χ1) is 7.75. The zero-order chi connectivity index (χ0) is 13.5. The predicted octanol–water partition coefficient (Wildman–Crippen LogP) is 1.49. The lowest BCUT2D eigenvalue weighted by molar-refractivity contribution is 0.0129. The number of hydrogen-bond donors (Lipinski definition) is 6. The van der Waals surface area contributed by atoms with Gasteiger partial charge in [0, 0.05) is 0 Å². The maximum Gasteiger partial charge on any atom is 0.524 e. The number of hydroxylamine groups is 3. The third-order valence-corrected chi connectivity index (χ3v) is 2.31. The normalized spacial score (nSPS) is 20.6. The fourth-order valence-corrected chi connectivity index (χ4v) is 1.86. The average Bonchev–Trinajstić information content (AvgIpc) is 2.21. The van der Waals surface area contributed by atoms with E-state index in [0.29, 0.717) is 0 Å². The quantitative estimate of drug-likeness (QED) is 0.166. The minimum atomic E-state index is -3.86. The molecule has 3 unspecified atom stereocenters. The largest absolute Gasteiger partial charge is 0.524 e. The number of phosphoric acid groups is 1. The molecule has 0 aliphatic heterocycles. The van der Waals surface area contributed by atoms with Gasteiger partial charge in [-0.25, -0.2) is 4.57 Å². The Hall–Kier alpha value is 1.04. The monoisotopic (exact) mass is 323 g/mol. The molecule has 0 heterocycles. The molecule has 0 radical (unpaired) electrons. The fourth-order valence-electron chi connectivity index (χ4n) is 0.478. The molecule has 104 valence electrons. The van der Waals surface area contributed by atoms with E-state index >= 15 is 0 Å².